The monoisotopic (exact) mass is 359 g/mol. The molecule has 0 saturated carbocycles. The predicted octanol–water partition coefficient (Wildman–Crippen LogP) is 3.82. The van der Waals surface area contributed by atoms with Crippen molar-refractivity contribution in [3.63, 3.8) is 0 Å². The van der Waals surface area contributed by atoms with Gasteiger partial charge in [-0.25, -0.2) is 4.68 Å². The van der Waals surface area contributed by atoms with Gasteiger partial charge in [0.2, 0.25) is 5.95 Å². The third-order valence-electron chi connectivity index (χ3n) is 4.74. The lowest BCUT2D eigenvalue weighted by molar-refractivity contribution is -0.113. The number of nitrogens with zero attached hydrogens (tertiary/aromatic N) is 3. The highest BCUT2D eigenvalue weighted by atomic mass is 16.1. The molecule has 1 aliphatic rings. The van der Waals surface area contributed by atoms with Crippen molar-refractivity contribution in [1.82, 2.24) is 14.8 Å². The number of amides is 1. The molecular weight excluding hydrogens is 338 g/mol. The third-order valence-corrected chi connectivity index (χ3v) is 4.74. The number of anilines is 2. The van der Waals surface area contributed by atoms with Crippen molar-refractivity contribution in [3.05, 3.63) is 82.8 Å². The van der Waals surface area contributed by atoms with Crippen molar-refractivity contribution in [1.29, 1.82) is 0 Å². The van der Waals surface area contributed by atoms with Gasteiger partial charge >= 0.3 is 0 Å². The number of aromatic nitrogens is 3. The summed E-state index contributed by atoms with van der Waals surface area (Å²) in [7, 11) is 0. The van der Waals surface area contributed by atoms with E-state index >= 15 is 0 Å². The van der Waals surface area contributed by atoms with Crippen LogP contribution in [-0.4, -0.2) is 20.7 Å². The lowest BCUT2D eigenvalue weighted by Gasteiger charge is -2.28. The molecule has 0 saturated heterocycles. The van der Waals surface area contributed by atoms with E-state index in [1.807, 2.05) is 69.3 Å². The molecule has 136 valence electrons. The Kier molecular flexibility index (Phi) is 4.24. The Bertz CT molecular complexity index is 1020. The summed E-state index contributed by atoms with van der Waals surface area (Å²) in [5, 5.41) is 10.5. The Morgan fingerprint density at radius 3 is 2.30 bits per heavy atom. The highest BCUT2D eigenvalue weighted by Gasteiger charge is 2.33. The quantitative estimate of drug-likeness (QED) is 0.746. The molecule has 1 unspecified atom stereocenters. The molecule has 0 aliphatic carbocycles. The molecule has 1 aliphatic heterocycles. The molecule has 0 fully saturated rings. The van der Waals surface area contributed by atoms with Crippen LogP contribution >= 0.6 is 0 Å². The highest BCUT2D eigenvalue weighted by molar-refractivity contribution is 6.06. The minimum atomic E-state index is -0.338. The van der Waals surface area contributed by atoms with Crippen molar-refractivity contribution in [2.24, 2.45) is 0 Å². The second-order valence-corrected chi connectivity index (χ2v) is 6.83. The molecule has 1 amide bonds. The van der Waals surface area contributed by atoms with Crippen LogP contribution < -0.4 is 10.6 Å². The smallest absolute Gasteiger partial charge is 0.255 e. The van der Waals surface area contributed by atoms with Gasteiger partial charge < -0.3 is 10.6 Å². The first kappa shape index (κ1) is 17.0. The first-order valence-electron chi connectivity index (χ1n) is 8.85. The van der Waals surface area contributed by atoms with Crippen molar-refractivity contribution in [3.8, 4) is 0 Å². The topological polar surface area (TPSA) is 71.8 Å². The average molecular weight is 359 g/mol. The lowest BCUT2D eigenvalue weighted by Crippen LogP contribution is -2.31. The molecule has 2 aromatic carbocycles. The molecule has 1 atom stereocenters. The number of aryl methyl sites for hydroxylation is 2. The van der Waals surface area contributed by atoms with Crippen LogP contribution in [0.15, 0.2) is 66.1 Å². The zero-order valence-electron chi connectivity index (χ0n) is 15.5. The molecule has 0 spiro atoms. The van der Waals surface area contributed by atoms with Gasteiger partial charge in [-0.3, -0.25) is 4.79 Å². The second-order valence-electron chi connectivity index (χ2n) is 6.83. The summed E-state index contributed by atoms with van der Waals surface area (Å²) in [5.74, 6) is 0.473. The maximum atomic E-state index is 13.2. The predicted molar refractivity (Wildman–Crippen MR) is 105 cm³/mol. The van der Waals surface area contributed by atoms with E-state index in [4.69, 9.17) is 0 Å². The molecule has 0 radical (unpaired) electrons. The van der Waals surface area contributed by atoms with Gasteiger partial charge in [0.25, 0.3) is 5.91 Å². The van der Waals surface area contributed by atoms with Crippen LogP contribution in [0.4, 0.5) is 11.6 Å². The standard InChI is InChI=1S/C21H21N5O/c1-13-4-8-16(9-5-13)19-18(15(3)24-21-22-12-23-26(19)21)20(27)25-17-10-6-14(2)7-11-17/h4-12,19H,1-3H3,(H,25,27)(H,22,23,24). The van der Waals surface area contributed by atoms with Crippen molar-refractivity contribution in [2.45, 2.75) is 26.8 Å². The highest BCUT2D eigenvalue weighted by Crippen LogP contribution is 2.35. The number of carbonyl (C=O) groups is 1. The lowest BCUT2D eigenvalue weighted by atomic mass is 9.94. The summed E-state index contributed by atoms with van der Waals surface area (Å²) in [5.41, 5.74) is 5.45. The van der Waals surface area contributed by atoms with Crippen LogP contribution in [0.1, 0.15) is 29.7 Å². The van der Waals surface area contributed by atoms with Gasteiger partial charge in [-0.15, -0.1) is 0 Å². The van der Waals surface area contributed by atoms with Gasteiger partial charge in [0.1, 0.15) is 12.4 Å². The SMILES string of the molecule is CC1=C(C(=O)Nc2ccc(C)cc2)C(c2ccc(C)cc2)n2ncnc2N1. The number of carbonyl (C=O) groups excluding carboxylic acids is 1. The number of nitrogens with one attached hydrogen (secondary N) is 2. The average Bonchev–Trinajstić information content (AvgIpc) is 3.11. The van der Waals surface area contributed by atoms with E-state index in [-0.39, 0.29) is 11.9 Å². The molecule has 27 heavy (non-hydrogen) atoms. The number of rotatable bonds is 3. The number of allylic oxidation sites excluding steroid dienone is 1. The Morgan fingerprint density at radius 1 is 1.00 bits per heavy atom. The third kappa shape index (κ3) is 3.21. The van der Waals surface area contributed by atoms with Crippen LogP contribution in [0.2, 0.25) is 0 Å². The van der Waals surface area contributed by atoms with Gasteiger partial charge in [-0.2, -0.15) is 10.1 Å². The van der Waals surface area contributed by atoms with E-state index in [1.54, 1.807) is 4.68 Å². The van der Waals surface area contributed by atoms with E-state index < -0.39 is 0 Å². The Balaban J connectivity index is 1.74. The minimum Gasteiger partial charge on any atom is -0.328 e. The van der Waals surface area contributed by atoms with Gasteiger partial charge in [0.15, 0.2) is 0 Å². The van der Waals surface area contributed by atoms with Gasteiger partial charge in [0.05, 0.1) is 5.57 Å². The molecule has 2 heterocycles. The maximum Gasteiger partial charge on any atom is 0.255 e. The van der Waals surface area contributed by atoms with Gasteiger partial charge in [0, 0.05) is 11.4 Å². The molecule has 6 heteroatoms. The van der Waals surface area contributed by atoms with Crippen molar-refractivity contribution < 1.29 is 4.79 Å². The first-order valence-corrected chi connectivity index (χ1v) is 8.85. The van der Waals surface area contributed by atoms with Crippen molar-refractivity contribution >= 4 is 17.5 Å². The van der Waals surface area contributed by atoms with E-state index in [0.717, 1.165) is 28.1 Å². The van der Waals surface area contributed by atoms with Crippen LogP contribution in [-0.2, 0) is 4.79 Å². The fraction of sp³-hybridized carbons (Fsp3) is 0.190. The van der Waals surface area contributed by atoms with Gasteiger partial charge in [-0.05, 0) is 38.5 Å². The fourth-order valence-electron chi connectivity index (χ4n) is 3.28. The molecular formula is C21H21N5O. The van der Waals surface area contributed by atoms with E-state index in [0.29, 0.717) is 11.5 Å². The fourth-order valence-corrected chi connectivity index (χ4v) is 3.28. The van der Waals surface area contributed by atoms with Crippen LogP contribution in [0, 0.1) is 13.8 Å². The number of hydrogen-bond acceptors (Lipinski definition) is 4. The summed E-state index contributed by atoms with van der Waals surface area (Å²) in [6.45, 7) is 5.95. The first-order chi connectivity index (χ1) is 13.0. The maximum absolute atomic E-state index is 13.2. The Hall–Kier alpha value is -3.41. The molecule has 0 bridgehead atoms. The zero-order chi connectivity index (χ0) is 19.0. The number of benzene rings is 2. The second kappa shape index (κ2) is 6.72. The molecule has 6 nitrogen and oxygen atoms in total. The van der Waals surface area contributed by atoms with Crippen molar-refractivity contribution in [2.75, 3.05) is 10.6 Å². The van der Waals surface area contributed by atoms with E-state index in [9.17, 15) is 4.79 Å². The molecule has 2 N–H and O–H groups in total. The van der Waals surface area contributed by atoms with Gasteiger partial charge in [-0.1, -0.05) is 47.5 Å². The minimum absolute atomic E-state index is 0.157. The normalized spacial score (nSPS) is 15.9. The summed E-state index contributed by atoms with van der Waals surface area (Å²) < 4.78 is 1.75. The van der Waals surface area contributed by atoms with Crippen LogP contribution in [0.5, 0.6) is 0 Å². The van der Waals surface area contributed by atoms with E-state index in [2.05, 4.69) is 20.7 Å². The summed E-state index contributed by atoms with van der Waals surface area (Å²) >= 11 is 0. The molecule has 3 aromatic rings. The summed E-state index contributed by atoms with van der Waals surface area (Å²) in [6, 6.07) is 15.6. The van der Waals surface area contributed by atoms with Crippen LogP contribution in [0.3, 0.4) is 0 Å². The van der Waals surface area contributed by atoms with Crippen LogP contribution in [0.25, 0.3) is 0 Å². The van der Waals surface area contributed by atoms with E-state index in [1.165, 1.54) is 6.33 Å². The number of hydrogen-bond donors (Lipinski definition) is 2. The summed E-state index contributed by atoms with van der Waals surface area (Å²) in [6.07, 6.45) is 1.50. The molecule has 4 rings (SSSR count). The molecule has 1 aromatic heterocycles. The largest absolute Gasteiger partial charge is 0.328 e. The zero-order valence-corrected chi connectivity index (χ0v) is 15.5. The number of fused-ring (bicyclic) bond motifs is 1. The Labute approximate surface area is 157 Å². The summed E-state index contributed by atoms with van der Waals surface area (Å²) in [4.78, 5) is 17.4. The Morgan fingerprint density at radius 2 is 1.63 bits per heavy atom.